The summed E-state index contributed by atoms with van der Waals surface area (Å²) in [6.07, 6.45) is -0.808. The molecule has 7 heteroatoms. The molecule has 0 fully saturated rings. The van der Waals surface area contributed by atoms with Crippen molar-refractivity contribution < 1.29 is 34.8 Å². The molecule has 0 aliphatic carbocycles. The van der Waals surface area contributed by atoms with E-state index < -0.39 is 35.8 Å². The summed E-state index contributed by atoms with van der Waals surface area (Å²) in [7, 11) is 0. The van der Waals surface area contributed by atoms with Crippen LogP contribution in [-0.2, 0) is 14.4 Å². The van der Waals surface area contributed by atoms with E-state index in [0.717, 1.165) is 6.42 Å². The minimum atomic E-state index is -1.83. The second kappa shape index (κ2) is 9.41. The molecule has 2 unspecified atom stereocenters. The van der Waals surface area contributed by atoms with Crippen molar-refractivity contribution in [1.29, 1.82) is 0 Å². The molecule has 7 nitrogen and oxygen atoms in total. The van der Waals surface area contributed by atoms with Gasteiger partial charge in [0.1, 0.15) is 0 Å². The lowest BCUT2D eigenvalue weighted by Gasteiger charge is -2.18. The van der Waals surface area contributed by atoms with Crippen molar-refractivity contribution in [2.75, 3.05) is 0 Å². The molecule has 0 bridgehead atoms. The number of aliphatic hydroxyl groups is 1. The van der Waals surface area contributed by atoms with Gasteiger partial charge in [-0.15, -0.1) is 0 Å². The van der Waals surface area contributed by atoms with Crippen LogP contribution in [0.1, 0.15) is 33.6 Å². The van der Waals surface area contributed by atoms with E-state index in [1.54, 1.807) is 13.8 Å². The molecular weight excluding hydrogens is 244 g/mol. The van der Waals surface area contributed by atoms with Gasteiger partial charge in [0.15, 0.2) is 6.10 Å². The van der Waals surface area contributed by atoms with Gasteiger partial charge in [0.25, 0.3) is 0 Å². The molecule has 0 saturated heterocycles. The van der Waals surface area contributed by atoms with E-state index in [4.69, 9.17) is 20.4 Å². The highest BCUT2D eigenvalue weighted by molar-refractivity contribution is 5.81. The third-order valence-corrected chi connectivity index (χ3v) is 2.06. The average Bonchev–Trinajstić information content (AvgIpc) is 2.16. The highest BCUT2D eigenvalue weighted by Crippen LogP contribution is 2.15. The fourth-order valence-corrected chi connectivity index (χ4v) is 1.15. The number of rotatable bonds is 6. The third kappa shape index (κ3) is 8.51. The standard InChI is InChI=1S/C7H12O5.C4H8O2/c1-3(2)4(6(9)10)5(8)7(11)12;1-2-3-4(5)6/h3-5,8H,1-2H3,(H,9,10)(H,11,12);2-3H2,1H3,(H,5,6). The normalized spacial score (nSPS) is 13.2. The van der Waals surface area contributed by atoms with Gasteiger partial charge in [0, 0.05) is 6.42 Å². The molecule has 0 aromatic heterocycles. The van der Waals surface area contributed by atoms with Gasteiger partial charge in [-0.2, -0.15) is 0 Å². The van der Waals surface area contributed by atoms with E-state index in [1.807, 2.05) is 6.92 Å². The quantitative estimate of drug-likeness (QED) is 0.554. The minimum absolute atomic E-state index is 0.292. The van der Waals surface area contributed by atoms with Gasteiger partial charge in [-0.05, 0) is 12.3 Å². The van der Waals surface area contributed by atoms with Gasteiger partial charge in [-0.1, -0.05) is 20.8 Å². The van der Waals surface area contributed by atoms with Gasteiger partial charge < -0.3 is 20.4 Å². The van der Waals surface area contributed by atoms with E-state index in [9.17, 15) is 14.4 Å². The van der Waals surface area contributed by atoms with Crippen molar-refractivity contribution in [3.63, 3.8) is 0 Å². The smallest absolute Gasteiger partial charge is 0.333 e. The molecule has 0 amide bonds. The lowest BCUT2D eigenvalue weighted by Crippen LogP contribution is -2.37. The first kappa shape index (κ1) is 18.7. The number of carboxylic acid groups (broad SMARTS) is 3. The van der Waals surface area contributed by atoms with Gasteiger partial charge in [0.05, 0.1) is 5.92 Å². The first-order valence-electron chi connectivity index (χ1n) is 5.50. The number of aliphatic carboxylic acids is 3. The van der Waals surface area contributed by atoms with Crippen LogP contribution in [0, 0.1) is 11.8 Å². The van der Waals surface area contributed by atoms with Crippen LogP contribution in [0.25, 0.3) is 0 Å². The molecule has 106 valence electrons. The molecule has 18 heavy (non-hydrogen) atoms. The number of hydrogen-bond donors (Lipinski definition) is 4. The average molecular weight is 264 g/mol. The van der Waals surface area contributed by atoms with Crippen LogP contribution in [0.2, 0.25) is 0 Å². The second-order valence-corrected chi connectivity index (χ2v) is 4.03. The molecule has 0 aromatic carbocycles. The van der Waals surface area contributed by atoms with Crippen molar-refractivity contribution in [2.24, 2.45) is 11.8 Å². The Balaban J connectivity index is 0. The Morgan fingerprint density at radius 1 is 1.00 bits per heavy atom. The number of carboxylic acids is 3. The topological polar surface area (TPSA) is 132 Å². The SMILES string of the molecule is CC(C)C(C(=O)O)C(O)C(=O)O.CCCC(=O)O. The molecule has 0 rings (SSSR count). The van der Waals surface area contributed by atoms with Crippen molar-refractivity contribution in [3.05, 3.63) is 0 Å². The van der Waals surface area contributed by atoms with Crippen molar-refractivity contribution in [2.45, 2.75) is 39.7 Å². The molecule has 2 atom stereocenters. The summed E-state index contributed by atoms with van der Waals surface area (Å²) < 4.78 is 0. The summed E-state index contributed by atoms with van der Waals surface area (Å²) in [4.78, 5) is 30.3. The molecule has 0 heterocycles. The van der Waals surface area contributed by atoms with Gasteiger partial charge in [-0.25, -0.2) is 4.79 Å². The van der Waals surface area contributed by atoms with E-state index >= 15 is 0 Å². The van der Waals surface area contributed by atoms with E-state index in [2.05, 4.69) is 0 Å². The Morgan fingerprint density at radius 3 is 1.50 bits per heavy atom. The van der Waals surface area contributed by atoms with Crippen LogP contribution < -0.4 is 0 Å². The maximum absolute atomic E-state index is 10.5. The van der Waals surface area contributed by atoms with Crippen LogP contribution in [-0.4, -0.2) is 44.4 Å². The maximum Gasteiger partial charge on any atom is 0.333 e. The highest BCUT2D eigenvalue weighted by Gasteiger charge is 2.34. The molecule has 0 aliphatic heterocycles. The zero-order valence-corrected chi connectivity index (χ0v) is 10.7. The minimum Gasteiger partial charge on any atom is -0.481 e. The number of carbonyl (C=O) groups is 3. The molecule has 0 saturated carbocycles. The van der Waals surface area contributed by atoms with E-state index in [-0.39, 0.29) is 0 Å². The molecular formula is C11H20O7. The Labute approximate surface area is 105 Å². The van der Waals surface area contributed by atoms with Crippen molar-refractivity contribution >= 4 is 17.9 Å². The molecule has 0 aliphatic rings. The fourth-order valence-electron chi connectivity index (χ4n) is 1.15. The lowest BCUT2D eigenvalue weighted by atomic mass is 9.90. The van der Waals surface area contributed by atoms with Crippen LogP contribution in [0.5, 0.6) is 0 Å². The summed E-state index contributed by atoms with van der Waals surface area (Å²) in [6.45, 7) is 4.93. The molecule has 4 N–H and O–H groups in total. The summed E-state index contributed by atoms with van der Waals surface area (Å²) in [6, 6.07) is 0. The zero-order chi connectivity index (χ0) is 14.9. The molecule has 0 aromatic rings. The van der Waals surface area contributed by atoms with Gasteiger partial charge >= 0.3 is 17.9 Å². The largest absolute Gasteiger partial charge is 0.481 e. The Kier molecular flexibility index (Phi) is 9.79. The number of aliphatic hydroxyl groups excluding tert-OH is 1. The fraction of sp³-hybridized carbons (Fsp3) is 0.727. The van der Waals surface area contributed by atoms with Gasteiger partial charge in [0.2, 0.25) is 0 Å². The Morgan fingerprint density at radius 2 is 1.44 bits per heavy atom. The molecule has 0 spiro atoms. The van der Waals surface area contributed by atoms with Crippen molar-refractivity contribution in [1.82, 2.24) is 0 Å². The maximum atomic E-state index is 10.5. The van der Waals surface area contributed by atoms with E-state index in [1.165, 1.54) is 0 Å². The summed E-state index contributed by atoms with van der Waals surface area (Å²) in [5, 5.41) is 33.7. The van der Waals surface area contributed by atoms with E-state index in [0.29, 0.717) is 6.42 Å². The highest BCUT2D eigenvalue weighted by atomic mass is 16.4. The predicted molar refractivity (Wildman–Crippen MR) is 62.2 cm³/mol. The number of hydrogen-bond acceptors (Lipinski definition) is 4. The third-order valence-electron chi connectivity index (χ3n) is 2.06. The second-order valence-electron chi connectivity index (χ2n) is 4.03. The first-order chi connectivity index (χ1) is 8.14. The van der Waals surface area contributed by atoms with Crippen LogP contribution in [0.3, 0.4) is 0 Å². The van der Waals surface area contributed by atoms with Crippen LogP contribution >= 0.6 is 0 Å². The zero-order valence-electron chi connectivity index (χ0n) is 10.7. The Bertz CT molecular complexity index is 285. The summed E-state index contributed by atoms with van der Waals surface area (Å²) in [5.74, 6) is -5.16. The first-order valence-corrected chi connectivity index (χ1v) is 5.50. The molecule has 0 radical (unpaired) electrons. The van der Waals surface area contributed by atoms with Crippen LogP contribution in [0.4, 0.5) is 0 Å². The Hall–Kier alpha value is -1.63. The summed E-state index contributed by atoms with van der Waals surface area (Å²) in [5.41, 5.74) is 0. The predicted octanol–water partition coefficient (Wildman–Crippen LogP) is 0.660. The van der Waals surface area contributed by atoms with Crippen molar-refractivity contribution in [3.8, 4) is 0 Å². The summed E-state index contributed by atoms with van der Waals surface area (Å²) >= 11 is 0. The van der Waals surface area contributed by atoms with Gasteiger partial charge in [-0.3, -0.25) is 9.59 Å². The van der Waals surface area contributed by atoms with Crippen LogP contribution in [0.15, 0.2) is 0 Å². The lowest BCUT2D eigenvalue weighted by molar-refractivity contribution is -0.161. The monoisotopic (exact) mass is 264 g/mol.